The lowest BCUT2D eigenvalue weighted by molar-refractivity contribution is 0.0765. The summed E-state index contributed by atoms with van der Waals surface area (Å²) in [5, 5.41) is 7.17. The SMILES string of the molecule is COc1cc(-c2cc(C(=O)N3CCC(Oc4cccc(C)n4)C3)[nH]n2)cc(OC)c1OC. The first-order valence-corrected chi connectivity index (χ1v) is 10.3. The topological polar surface area (TPSA) is 98.8 Å². The molecule has 2 aromatic heterocycles. The van der Waals surface area contributed by atoms with Gasteiger partial charge in [0.1, 0.15) is 11.8 Å². The van der Waals surface area contributed by atoms with E-state index >= 15 is 0 Å². The van der Waals surface area contributed by atoms with Gasteiger partial charge < -0.3 is 23.8 Å². The fraction of sp³-hybridized carbons (Fsp3) is 0.348. The molecule has 0 radical (unpaired) electrons. The average Bonchev–Trinajstić information content (AvgIpc) is 3.48. The Bertz CT molecular complexity index is 1090. The predicted octanol–water partition coefficient (Wildman–Crippen LogP) is 3.10. The molecule has 168 valence electrons. The van der Waals surface area contributed by atoms with Crippen LogP contribution in [-0.4, -0.2) is 66.5 Å². The van der Waals surface area contributed by atoms with Crippen molar-refractivity contribution in [3.05, 3.63) is 47.8 Å². The van der Waals surface area contributed by atoms with Crippen LogP contribution in [0.2, 0.25) is 0 Å². The zero-order chi connectivity index (χ0) is 22.7. The van der Waals surface area contributed by atoms with Gasteiger partial charge in [-0.25, -0.2) is 4.98 Å². The fourth-order valence-corrected chi connectivity index (χ4v) is 3.74. The third kappa shape index (κ3) is 4.32. The minimum Gasteiger partial charge on any atom is -0.493 e. The number of hydrogen-bond acceptors (Lipinski definition) is 7. The van der Waals surface area contributed by atoms with Crippen LogP contribution < -0.4 is 18.9 Å². The van der Waals surface area contributed by atoms with Crippen LogP contribution in [0.1, 0.15) is 22.6 Å². The number of H-pyrrole nitrogens is 1. The summed E-state index contributed by atoms with van der Waals surface area (Å²) in [5.41, 5.74) is 2.64. The monoisotopic (exact) mass is 438 g/mol. The molecule has 1 aliphatic rings. The van der Waals surface area contributed by atoms with Crippen LogP contribution in [0, 0.1) is 6.92 Å². The van der Waals surface area contributed by atoms with Gasteiger partial charge >= 0.3 is 0 Å². The van der Waals surface area contributed by atoms with Crippen molar-refractivity contribution in [3.8, 4) is 34.4 Å². The summed E-state index contributed by atoms with van der Waals surface area (Å²) in [4.78, 5) is 19.1. The molecule has 1 unspecified atom stereocenters. The summed E-state index contributed by atoms with van der Waals surface area (Å²) in [6.45, 7) is 3.02. The normalized spacial score (nSPS) is 15.5. The first kappa shape index (κ1) is 21.5. The number of aryl methyl sites for hydroxylation is 1. The highest BCUT2D eigenvalue weighted by Gasteiger charge is 2.29. The number of nitrogens with zero attached hydrogens (tertiary/aromatic N) is 3. The van der Waals surface area contributed by atoms with Crippen molar-refractivity contribution in [2.75, 3.05) is 34.4 Å². The van der Waals surface area contributed by atoms with E-state index in [4.69, 9.17) is 18.9 Å². The Labute approximate surface area is 186 Å². The molecule has 3 heterocycles. The molecule has 0 spiro atoms. The first-order chi connectivity index (χ1) is 15.5. The largest absolute Gasteiger partial charge is 0.493 e. The predicted molar refractivity (Wildman–Crippen MR) is 118 cm³/mol. The Morgan fingerprint density at radius 3 is 2.50 bits per heavy atom. The highest BCUT2D eigenvalue weighted by atomic mass is 16.5. The van der Waals surface area contributed by atoms with Gasteiger partial charge in [0.05, 0.1) is 33.6 Å². The van der Waals surface area contributed by atoms with Gasteiger partial charge in [0.15, 0.2) is 11.5 Å². The highest BCUT2D eigenvalue weighted by Crippen LogP contribution is 2.40. The van der Waals surface area contributed by atoms with Crippen LogP contribution >= 0.6 is 0 Å². The van der Waals surface area contributed by atoms with Gasteiger partial charge in [-0.15, -0.1) is 0 Å². The third-order valence-corrected chi connectivity index (χ3v) is 5.35. The summed E-state index contributed by atoms with van der Waals surface area (Å²) in [6, 6.07) is 11.0. The van der Waals surface area contributed by atoms with E-state index in [0.717, 1.165) is 17.7 Å². The minimum atomic E-state index is -0.125. The van der Waals surface area contributed by atoms with E-state index in [1.165, 1.54) is 0 Å². The molecule has 3 aromatic rings. The van der Waals surface area contributed by atoms with Crippen LogP contribution in [0.4, 0.5) is 0 Å². The number of carbonyl (C=O) groups excluding carboxylic acids is 1. The standard InChI is InChI=1S/C23H26N4O5/c1-14-6-5-7-21(24-14)32-16-8-9-27(13-16)23(28)18-12-17(25-26-18)15-10-19(29-2)22(31-4)20(11-15)30-3/h5-7,10-12,16H,8-9,13H2,1-4H3,(H,25,26). The Balaban J connectivity index is 1.47. The van der Waals surface area contributed by atoms with Gasteiger partial charge in [0.2, 0.25) is 11.6 Å². The molecule has 1 saturated heterocycles. The molecular weight excluding hydrogens is 412 g/mol. The lowest BCUT2D eigenvalue weighted by atomic mass is 10.1. The number of benzene rings is 1. The Morgan fingerprint density at radius 1 is 1.09 bits per heavy atom. The third-order valence-electron chi connectivity index (χ3n) is 5.35. The molecule has 32 heavy (non-hydrogen) atoms. The highest BCUT2D eigenvalue weighted by molar-refractivity contribution is 5.93. The van der Waals surface area contributed by atoms with Gasteiger partial charge in [-0.05, 0) is 31.2 Å². The van der Waals surface area contributed by atoms with Gasteiger partial charge in [-0.3, -0.25) is 9.89 Å². The molecule has 9 nitrogen and oxygen atoms in total. The van der Waals surface area contributed by atoms with E-state index in [9.17, 15) is 4.79 Å². The zero-order valence-electron chi connectivity index (χ0n) is 18.5. The van der Waals surface area contributed by atoms with Crippen molar-refractivity contribution in [3.63, 3.8) is 0 Å². The minimum absolute atomic E-state index is 0.0919. The maximum atomic E-state index is 13.0. The summed E-state index contributed by atoms with van der Waals surface area (Å²) in [5.74, 6) is 1.98. The van der Waals surface area contributed by atoms with E-state index in [2.05, 4.69) is 15.2 Å². The van der Waals surface area contributed by atoms with Crippen molar-refractivity contribution in [2.24, 2.45) is 0 Å². The van der Waals surface area contributed by atoms with E-state index in [1.54, 1.807) is 44.4 Å². The second-order valence-corrected chi connectivity index (χ2v) is 7.48. The van der Waals surface area contributed by atoms with Gasteiger partial charge in [0.25, 0.3) is 5.91 Å². The van der Waals surface area contributed by atoms with Crippen molar-refractivity contribution in [1.29, 1.82) is 0 Å². The Kier molecular flexibility index (Phi) is 6.16. The molecule has 1 amide bonds. The molecule has 4 rings (SSSR count). The number of methoxy groups -OCH3 is 3. The summed E-state index contributed by atoms with van der Waals surface area (Å²) in [7, 11) is 4.66. The van der Waals surface area contributed by atoms with Crippen molar-refractivity contribution >= 4 is 5.91 Å². The number of aromatic amines is 1. The number of amides is 1. The molecule has 1 aromatic carbocycles. The number of nitrogens with one attached hydrogen (secondary N) is 1. The summed E-state index contributed by atoms with van der Waals surface area (Å²) in [6.07, 6.45) is 0.653. The zero-order valence-corrected chi connectivity index (χ0v) is 18.5. The maximum Gasteiger partial charge on any atom is 0.272 e. The number of aromatic nitrogens is 3. The van der Waals surface area contributed by atoms with Crippen molar-refractivity contribution in [1.82, 2.24) is 20.1 Å². The molecule has 1 atom stereocenters. The number of likely N-dealkylation sites (tertiary alicyclic amines) is 1. The quantitative estimate of drug-likeness (QED) is 0.605. The lowest BCUT2D eigenvalue weighted by Crippen LogP contribution is -2.31. The van der Waals surface area contributed by atoms with Gasteiger partial charge in [0, 0.05) is 30.3 Å². The van der Waals surface area contributed by atoms with Crippen LogP contribution in [0.3, 0.4) is 0 Å². The lowest BCUT2D eigenvalue weighted by Gasteiger charge is -2.16. The summed E-state index contributed by atoms with van der Waals surface area (Å²) >= 11 is 0. The molecular formula is C23H26N4O5. The van der Waals surface area contributed by atoms with Gasteiger partial charge in [-0.1, -0.05) is 6.07 Å². The Morgan fingerprint density at radius 2 is 1.84 bits per heavy atom. The van der Waals surface area contributed by atoms with Crippen LogP contribution in [-0.2, 0) is 0 Å². The number of ether oxygens (including phenoxy) is 4. The first-order valence-electron chi connectivity index (χ1n) is 10.3. The molecule has 0 aliphatic carbocycles. The fourth-order valence-electron chi connectivity index (χ4n) is 3.74. The smallest absolute Gasteiger partial charge is 0.272 e. The average molecular weight is 438 g/mol. The molecule has 9 heteroatoms. The molecule has 0 saturated carbocycles. The van der Waals surface area contributed by atoms with E-state index in [0.29, 0.717) is 47.6 Å². The number of pyridine rings is 1. The van der Waals surface area contributed by atoms with Gasteiger partial charge in [-0.2, -0.15) is 5.10 Å². The second-order valence-electron chi connectivity index (χ2n) is 7.48. The molecule has 1 N–H and O–H groups in total. The van der Waals surface area contributed by atoms with Crippen molar-refractivity contribution < 1.29 is 23.7 Å². The van der Waals surface area contributed by atoms with Crippen LogP contribution in [0.25, 0.3) is 11.3 Å². The van der Waals surface area contributed by atoms with Crippen molar-refractivity contribution in [2.45, 2.75) is 19.4 Å². The molecule has 0 bridgehead atoms. The number of rotatable bonds is 7. The van der Waals surface area contributed by atoms with E-state index in [-0.39, 0.29) is 12.0 Å². The Hall–Kier alpha value is -3.75. The van der Waals surface area contributed by atoms with E-state index < -0.39 is 0 Å². The van der Waals surface area contributed by atoms with Crippen LogP contribution in [0.5, 0.6) is 23.1 Å². The second kappa shape index (κ2) is 9.17. The maximum absolute atomic E-state index is 13.0. The molecule has 1 fully saturated rings. The van der Waals surface area contributed by atoms with Crippen LogP contribution in [0.15, 0.2) is 36.4 Å². The molecule has 1 aliphatic heterocycles. The number of hydrogen-bond donors (Lipinski definition) is 1. The van der Waals surface area contributed by atoms with E-state index in [1.807, 2.05) is 25.1 Å². The summed E-state index contributed by atoms with van der Waals surface area (Å²) < 4.78 is 22.1. The number of carbonyl (C=O) groups is 1.